The van der Waals surface area contributed by atoms with Crippen LogP contribution in [0.3, 0.4) is 0 Å². The largest absolute Gasteiger partial charge is 0.493 e. The van der Waals surface area contributed by atoms with E-state index >= 15 is 0 Å². The molecule has 8 heteroatoms. The van der Waals surface area contributed by atoms with Gasteiger partial charge in [-0.3, -0.25) is 9.59 Å². The van der Waals surface area contributed by atoms with Crippen LogP contribution in [0.4, 0.5) is 4.39 Å². The van der Waals surface area contributed by atoms with Crippen molar-refractivity contribution < 1.29 is 23.8 Å². The number of rotatable bonds is 7. The summed E-state index contributed by atoms with van der Waals surface area (Å²) in [6, 6.07) is 11.6. The number of hydrogen-bond donors (Lipinski definition) is 4. The van der Waals surface area contributed by atoms with Gasteiger partial charge in [-0.15, -0.1) is 6.42 Å². The number of aliphatic hydroxyl groups excluding tert-OH is 1. The Morgan fingerprint density at radius 3 is 2.75 bits per heavy atom. The van der Waals surface area contributed by atoms with E-state index in [9.17, 15) is 19.1 Å². The van der Waals surface area contributed by atoms with Crippen molar-refractivity contribution in [2.75, 3.05) is 19.7 Å². The smallest absolute Gasteiger partial charge is 0.220 e. The normalized spacial score (nSPS) is 22.2. The summed E-state index contributed by atoms with van der Waals surface area (Å²) in [5.74, 6) is 2.33. The number of amides is 2. The van der Waals surface area contributed by atoms with Crippen molar-refractivity contribution in [1.82, 2.24) is 16.0 Å². The van der Waals surface area contributed by atoms with Crippen molar-refractivity contribution in [1.29, 1.82) is 0 Å². The zero-order valence-corrected chi connectivity index (χ0v) is 23.2. The van der Waals surface area contributed by atoms with Gasteiger partial charge in [-0.25, -0.2) is 4.39 Å². The maximum atomic E-state index is 14.6. The molecule has 214 valence electrons. The number of carbonyl (C=O) groups is 2. The molecule has 0 saturated heterocycles. The minimum atomic E-state index is -0.966. The van der Waals surface area contributed by atoms with Crippen LogP contribution in [-0.2, 0) is 21.5 Å². The molecule has 2 aliphatic rings. The van der Waals surface area contributed by atoms with Gasteiger partial charge in [-0.1, -0.05) is 31.4 Å². The molecule has 1 fully saturated rings. The van der Waals surface area contributed by atoms with Gasteiger partial charge in [0.2, 0.25) is 11.8 Å². The first-order valence-corrected chi connectivity index (χ1v) is 14.3. The van der Waals surface area contributed by atoms with Gasteiger partial charge in [0.15, 0.2) is 0 Å². The lowest BCUT2D eigenvalue weighted by Crippen LogP contribution is -2.50. The van der Waals surface area contributed by atoms with E-state index in [0.717, 1.165) is 43.2 Å². The fourth-order valence-electron chi connectivity index (χ4n) is 5.34. The van der Waals surface area contributed by atoms with Crippen LogP contribution in [0.25, 0.3) is 0 Å². The molecule has 2 bridgehead atoms. The zero-order chi connectivity index (χ0) is 28.5. The fraction of sp³-hybridized carbons (Fsp3) is 0.500. The molecule has 1 heterocycles. The Morgan fingerprint density at radius 2 is 2.00 bits per heavy atom. The van der Waals surface area contributed by atoms with Crippen LogP contribution in [0.15, 0.2) is 42.5 Å². The predicted octanol–water partition coefficient (Wildman–Crippen LogP) is 3.57. The van der Waals surface area contributed by atoms with E-state index < -0.39 is 18.0 Å². The monoisotopic (exact) mass is 549 g/mol. The van der Waals surface area contributed by atoms with Gasteiger partial charge in [0.25, 0.3) is 0 Å². The highest BCUT2D eigenvalue weighted by Gasteiger charge is 2.44. The molecule has 3 atom stereocenters. The lowest BCUT2D eigenvalue weighted by molar-refractivity contribution is -0.127. The average Bonchev–Trinajstić information content (AvgIpc) is 3.74. The first kappa shape index (κ1) is 29.6. The molecule has 1 aliphatic heterocycles. The summed E-state index contributed by atoms with van der Waals surface area (Å²) in [6.07, 6.45) is 9.32. The molecule has 4 N–H and O–H groups in total. The second kappa shape index (κ2) is 13.8. The Kier molecular flexibility index (Phi) is 10.2. The summed E-state index contributed by atoms with van der Waals surface area (Å²) < 4.78 is 20.6. The first-order chi connectivity index (χ1) is 19.3. The number of carbonyl (C=O) groups excluding carboxylic acids is 2. The maximum absolute atomic E-state index is 14.6. The van der Waals surface area contributed by atoms with Gasteiger partial charge in [-0.05, 0) is 73.4 Å². The third-order valence-corrected chi connectivity index (χ3v) is 7.82. The number of aliphatic hydroxyl groups is 1. The second-order valence-electron chi connectivity index (χ2n) is 11.0. The maximum Gasteiger partial charge on any atom is 0.220 e. The molecule has 7 nitrogen and oxygen atoms in total. The molecule has 40 heavy (non-hydrogen) atoms. The van der Waals surface area contributed by atoms with E-state index in [0.29, 0.717) is 24.5 Å². The third-order valence-electron chi connectivity index (χ3n) is 7.82. The first-order valence-electron chi connectivity index (χ1n) is 14.3. The Balaban J connectivity index is 1.51. The number of ether oxygens (including phenoxy) is 1. The summed E-state index contributed by atoms with van der Waals surface area (Å²) in [5, 5.41) is 20.5. The van der Waals surface area contributed by atoms with Crippen LogP contribution in [0.1, 0.15) is 68.6 Å². The van der Waals surface area contributed by atoms with Crippen LogP contribution < -0.4 is 20.7 Å². The van der Waals surface area contributed by atoms with E-state index in [-0.39, 0.29) is 49.1 Å². The summed E-state index contributed by atoms with van der Waals surface area (Å²) in [4.78, 5) is 25.2. The number of terminal acetylenes is 1. The zero-order valence-electron chi connectivity index (χ0n) is 23.2. The summed E-state index contributed by atoms with van der Waals surface area (Å²) in [6.45, 7) is 3.21. The number of halogens is 1. The quantitative estimate of drug-likeness (QED) is 0.396. The molecule has 0 aromatic heterocycles. The van der Waals surface area contributed by atoms with Crippen molar-refractivity contribution in [3.05, 3.63) is 65.0 Å². The number of fused-ring (bicyclic) bond motifs is 2. The van der Waals surface area contributed by atoms with Crippen LogP contribution in [0.5, 0.6) is 5.75 Å². The van der Waals surface area contributed by atoms with E-state index in [2.05, 4.69) is 28.8 Å². The van der Waals surface area contributed by atoms with Crippen molar-refractivity contribution >= 4 is 11.8 Å². The van der Waals surface area contributed by atoms with E-state index in [4.69, 9.17) is 11.2 Å². The topological polar surface area (TPSA) is 99.7 Å². The highest BCUT2D eigenvalue weighted by atomic mass is 19.1. The van der Waals surface area contributed by atoms with E-state index in [1.807, 2.05) is 24.3 Å². The summed E-state index contributed by atoms with van der Waals surface area (Å²) in [7, 11) is 0. The molecule has 1 saturated carbocycles. The fourth-order valence-corrected chi connectivity index (χ4v) is 5.34. The number of hydrogen-bond acceptors (Lipinski definition) is 5. The number of benzene rings is 2. The van der Waals surface area contributed by atoms with Gasteiger partial charge < -0.3 is 25.8 Å². The summed E-state index contributed by atoms with van der Waals surface area (Å²) in [5.41, 5.74) is 2.20. The SMILES string of the molecule is C#Cc1cccc(C2(NC[C@@H](O)[C@@H]3Cc4cc(F)cc(c4)OCC(CCC)CCNC(=O)CCC(=O)N3)CC2)c1. The lowest BCUT2D eigenvalue weighted by Gasteiger charge is -2.28. The molecular formula is C32H40FN3O4. The highest BCUT2D eigenvalue weighted by Crippen LogP contribution is 2.45. The van der Waals surface area contributed by atoms with Crippen molar-refractivity contribution in [2.45, 2.75) is 76.0 Å². The molecule has 2 aromatic carbocycles. The molecule has 0 spiro atoms. The van der Waals surface area contributed by atoms with Crippen molar-refractivity contribution in [3.8, 4) is 18.1 Å². The second-order valence-corrected chi connectivity index (χ2v) is 11.0. The highest BCUT2D eigenvalue weighted by molar-refractivity contribution is 5.83. The average molecular weight is 550 g/mol. The minimum absolute atomic E-state index is 0.00119. The van der Waals surface area contributed by atoms with Crippen molar-refractivity contribution in [2.24, 2.45) is 5.92 Å². The molecule has 2 aromatic rings. The van der Waals surface area contributed by atoms with Gasteiger partial charge in [0, 0.05) is 43.1 Å². The molecular weight excluding hydrogens is 509 g/mol. The minimum Gasteiger partial charge on any atom is -0.493 e. The standard InChI is InChI=1S/C32H40FN3O4/c1-3-6-23-11-14-34-30(38)9-10-31(39)36-28(18-24-16-26(33)19-27(17-24)40-21-23)29(37)20-35-32(12-13-32)25-8-5-7-22(4-2)15-25/h2,5,7-8,15-17,19,23,28-29,35,37H,3,6,9-14,18,20-21H2,1H3,(H,34,38)(H,36,39)/t23?,28-,29+/m0/s1. The Morgan fingerprint density at radius 1 is 1.20 bits per heavy atom. The molecule has 4 rings (SSSR count). The Labute approximate surface area is 236 Å². The van der Waals surface area contributed by atoms with Gasteiger partial charge in [0.05, 0.1) is 18.8 Å². The van der Waals surface area contributed by atoms with E-state index in [1.165, 1.54) is 12.1 Å². The Hall–Kier alpha value is -3.41. The lowest BCUT2D eigenvalue weighted by atomic mass is 9.98. The van der Waals surface area contributed by atoms with Crippen LogP contribution in [0.2, 0.25) is 0 Å². The molecule has 1 aliphatic carbocycles. The van der Waals surface area contributed by atoms with Crippen LogP contribution in [0, 0.1) is 24.1 Å². The van der Waals surface area contributed by atoms with Crippen LogP contribution in [-0.4, -0.2) is 48.8 Å². The van der Waals surface area contributed by atoms with Gasteiger partial charge >= 0.3 is 0 Å². The number of nitrogens with one attached hydrogen (secondary N) is 3. The summed E-state index contributed by atoms with van der Waals surface area (Å²) >= 11 is 0. The Bertz CT molecular complexity index is 1220. The van der Waals surface area contributed by atoms with E-state index in [1.54, 1.807) is 6.07 Å². The van der Waals surface area contributed by atoms with Gasteiger partial charge in [0.1, 0.15) is 11.6 Å². The molecule has 0 radical (unpaired) electrons. The third kappa shape index (κ3) is 8.30. The van der Waals surface area contributed by atoms with Crippen LogP contribution >= 0.6 is 0 Å². The van der Waals surface area contributed by atoms with Crippen molar-refractivity contribution in [3.63, 3.8) is 0 Å². The molecule has 2 amide bonds. The predicted molar refractivity (Wildman–Crippen MR) is 152 cm³/mol. The van der Waals surface area contributed by atoms with Gasteiger partial charge in [-0.2, -0.15) is 0 Å². The molecule has 1 unspecified atom stereocenters.